The number of para-hydroxylation sites is 1. The molecule has 0 N–H and O–H groups in total. The Morgan fingerprint density at radius 2 is 2.00 bits per heavy atom. The van der Waals surface area contributed by atoms with Crippen molar-refractivity contribution in [1.82, 2.24) is 19.7 Å². The van der Waals surface area contributed by atoms with Gasteiger partial charge in [0.1, 0.15) is 18.2 Å². The first-order valence-electron chi connectivity index (χ1n) is 4.12. The molecule has 5 nitrogen and oxygen atoms in total. The number of fused-ring (bicyclic) bond motifs is 1. The molecule has 3 aromatic rings. The molecule has 0 bridgehead atoms. The fourth-order valence-electron chi connectivity index (χ4n) is 1.40. The summed E-state index contributed by atoms with van der Waals surface area (Å²) < 4.78 is 7.07. The maximum atomic E-state index is 5.29. The minimum Gasteiger partial charge on any atom is -0.441 e. The van der Waals surface area contributed by atoms with Gasteiger partial charge in [-0.25, -0.2) is 4.98 Å². The molecule has 0 spiro atoms. The van der Waals surface area contributed by atoms with Gasteiger partial charge in [0.15, 0.2) is 12.0 Å². The van der Waals surface area contributed by atoms with E-state index in [-0.39, 0.29) is 0 Å². The molecule has 1 aromatic carbocycles. The van der Waals surface area contributed by atoms with Gasteiger partial charge in [0.25, 0.3) is 0 Å². The number of hydrogen-bond donors (Lipinski definition) is 0. The van der Waals surface area contributed by atoms with E-state index in [0.29, 0.717) is 0 Å². The highest BCUT2D eigenvalue weighted by Crippen LogP contribution is 2.20. The smallest absolute Gasteiger partial charge is 0.182 e. The maximum Gasteiger partial charge on any atom is 0.182 e. The van der Waals surface area contributed by atoms with Crippen LogP contribution in [0.2, 0.25) is 0 Å². The molecular weight excluding hydrogens is 180 g/mol. The summed E-state index contributed by atoms with van der Waals surface area (Å²) in [6.45, 7) is 0. The van der Waals surface area contributed by atoms with Gasteiger partial charge >= 0.3 is 0 Å². The van der Waals surface area contributed by atoms with Crippen LogP contribution in [0.25, 0.3) is 16.8 Å². The Hall–Kier alpha value is -2.17. The summed E-state index contributed by atoms with van der Waals surface area (Å²) in [6, 6.07) is 5.74. The lowest BCUT2D eigenvalue weighted by molar-refractivity contribution is 0.600. The standard InChI is InChI=1S/C9H6N4O/c1-2-7-9(14-6-10-7)8(3-1)13-4-11-12-5-13/h1-6H. The molecule has 0 unspecified atom stereocenters. The van der Waals surface area contributed by atoms with Crippen molar-refractivity contribution >= 4 is 11.1 Å². The molecule has 0 saturated heterocycles. The van der Waals surface area contributed by atoms with E-state index in [1.165, 1.54) is 6.39 Å². The van der Waals surface area contributed by atoms with Crippen LogP contribution < -0.4 is 0 Å². The van der Waals surface area contributed by atoms with Crippen molar-refractivity contribution in [2.75, 3.05) is 0 Å². The van der Waals surface area contributed by atoms with Gasteiger partial charge in [0.2, 0.25) is 0 Å². The zero-order chi connectivity index (χ0) is 9.38. The van der Waals surface area contributed by atoms with E-state index in [4.69, 9.17) is 4.42 Å². The van der Waals surface area contributed by atoms with E-state index in [9.17, 15) is 0 Å². The number of oxazole rings is 1. The van der Waals surface area contributed by atoms with Crippen LogP contribution >= 0.6 is 0 Å². The van der Waals surface area contributed by atoms with Gasteiger partial charge in [0, 0.05) is 0 Å². The molecule has 0 aliphatic carbocycles. The summed E-state index contributed by atoms with van der Waals surface area (Å²) >= 11 is 0. The van der Waals surface area contributed by atoms with Gasteiger partial charge in [-0.1, -0.05) is 6.07 Å². The minimum atomic E-state index is 0.743. The van der Waals surface area contributed by atoms with Crippen molar-refractivity contribution in [3.8, 4) is 5.69 Å². The summed E-state index contributed by atoms with van der Waals surface area (Å²) in [5.41, 5.74) is 2.47. The van der Waals surface area contributed by atoms with E-state index < -0.39 is 0 Å². The largest absolute Gasteiger partial charge is 0.441 e. The van der Waals surface area contributed by atoms with Gasteiger partial charge < -0.3 is 4.42 Å². The third kappa shape index (κ3) is 0.922. The Bertz CT molecular complexity index is 555. The first kappa shape index (κ1) is 7.25. The van der Waals surface area contributed by atoms with E-state index in [0.717, 1.165) is 16.8 Å². The molecule has 68 valence electrons. The monoisotopic (exact) mass is 186 g/mol. The molecule has 0 aliphatic heterocycles. The minimum absolute atomic E-state index is 0.743. The lowest BCUT2D eigenvalue weighted by Crippen LogP contribution is -1.89. The van der Waals surface area contributed by atoms with Gasteiger partial charge in [-0.2, -0.15) is 0 Å². The summed E-state index contributed by atoms with van der Waals surface area (Å²) in [5, 5.41) is 7.48. The second kappa shape index (κ2) is 2.66. The number of hydrogen-bond acceptors (Lipinski definition) is 4. The molecule has 2 aromatic heterocycles. The Morgan fingerprint density at radius 3 is 2.86 bits per heavy atom. The van der Waals surface area contributed by atoms with Crippen LogP contribution in [0.5, 0.6) is 0 Å². The predicted octanol–water partition coefficient (Wildman–Crippen LogP) is 1.41. The zero-order valence-corrected chi connectivity index (χ0v) is 7.16. The average Bonchev–Trinajstić information content (AvgIpc) is 2.88. The topological polar surface area (TPSA) is 56.7 Å². The molecule has 0 saturated carbocycles. The lowest BCUT2D eigenvalue weighted by atomic mass is 10.3. The van der Waals surface area contributed by atoms with Gasteiger partial charge in [-0.05, 0) is 12.1 Å². The molecule has 3 rings (SSSR count). The third-order valence-corrected chi connectivity index (χ3v) is 2.03. The SMILES string of the molecule is c1cc(-n2cnnc2)c2ocnc2c1. The Labute approximate surface area is 79.0 Å². The quantitative estimate of drug-likeness (QED) is 0.576. The van der Waals surface area contributed by atoms with Crippen molar-refractivity contribution in [2.24, 2.45) is 0 Å². The number of benzene rings is 1. The van der Waals surface area contributed by atoms with Crippen LogP contribution in [0.3, 0.4) is 0 Å². The van der Waals surface area contributed by atoms with Crippen LogP contribution in [0.4, 0.5) is 0 Å². The summed E-state index contributed by atoms with van der Waals surface area (Å²) in [7, 11) is 0. The van der Waals surface area contributed by atoms with Crippen LogP contribution in [-0.2, 0) is 0 Å². The van der Waals surface area contributed by atoms with Crippen LogP contribution in [0.15, 0.2) is 41.7 Å². The highest BCUT2D eigenvalue weighted by molar-refractivity contribution is 5.81. The summed E-state index contributed by atoms with van der Waals surface area (Å²) in [5.74, 6) is 0. The first-order chi connectivity index (χ1) is 6.95. The molecule has 0 amide bonds. The average molecular weight is 186 g/mol. The molecular formula is C9H6N4O. The van der Waals surface area contributed by atoms with Crippen LogP contribution in [-0.4, -0.2) is 19.7 Å². The molecule has 0 fully saturated rings. The molecule has 0 atom stereocenters. The van der Waals surface area contributed by atoms with E-state index in [1.54, 1.807) is 17.2 Å². The number of nitrogens with zero attached hydrogens (tertiary/aromatic N) is 4. The second-order valence-corrected chi connectivity index (χ2v) is 2.85. The molecule has 14 heavy (non-hydrogen) atoms. The second-order valence-electron chi connectivity index (χ2n) is 2.85. The lowest BCUT2D eigenvalue weighted by Gasteiger charge is -1.99. The van der Waals surface area contributed by atoms with E-state index in [2.05, 4.69) is 15.2 Å². The van der Waals surface area contributed by atoms with Crippen LogP contribution in [0.1, 0.15) is 0 Å². The molecule has 2 heterocycles. The van der Waals surface area contributed by atoms with Gasteiger partial charge in [0.05, 0.1) is 5.69 Å². The third-order valence-electron chi connectivity index (χ3n) is 2.03. The summed E-state index contributed by atoms with van der Waals surface area (Å²) in [4.78, 5) is 4.07. The van der Waals surface area contributed by atoms with E-state index >= 15 is 0 Å². The number of rotatable bonds is 1. The van der Waals surface area contributed by atoms with Gasteiger partial charge in [-0.15, -0.1) is 10.2 Å². The number of aromatic nitrogens is 4. The highest BCUT2D eigenvalue weighted by Gasteiger charge is 2.05. The molecule has 5 heteroatoms. The van der Waals surface area contributed by atoms with Crippen molar-refractivity contribution in [1.29, 1.82) is 0 Å². The Kier molecular flexibility index (Phi) is 1.38. The van der Waals surface area contributed by atoms with Gasteiger partial charge in [-0.3, -0.25) is 4.57 Å². The Morgan fingerprint density at radius 1 is 1.14 bits per heavy atom. The van der Waals surface area contributed by atoms with Crippen LogP contribution in [0, 0.1) is 0 Å². The van der Waals surface area contributed by atoms with Crippen molar-refractivity contribution < 1.29 is 4.42 Å². The fourth-order valence-corrected chi connectivity index (χ4v) is 1.40. The van der Waals surface area contributed by atoms with Crippen molar-refractivity contribution in [2.45, 2.75) is 0 Å². The maximum absolute atomic E-state index is 5.29. The summed E-state index contributed by atoms with van der Waals surface area (Å²) in [6.07, 6.45) is 4.67. The fraction of sp³-hybridized carbons (Fsp3) is 0. The molecule has 0 aliphatic rings. The first-order valence-corrected chi connectivity index (χ1v) is 4.12. The Balaban J connectivity index is 2.36. The normalized spacial score (nSPS) is 10.9. The highest BCUT2D eigenvalue weighted by atomic mass is 16.3. The van der Waals surface area contributed by atoms with Crippen molar-refractivity contribution in [3.63, 3.8) is 0 Å². The predicted molar refractivity (Wildman–Crippen MR) is 48.9 cm³/mol. The van der Waals surface area contributed by atoms with Crippen molar-refractivity contribution in [3.05, 3.63) is 37.2 Å². The zero-order valence-electron chi connectivity index (χ0n) is 7.16. The van der Waals surface area contributed by atoms with E-state index in [1.807, 2.05) is 18.2 Å². The molecule has 0 radical (unpaired) electrons.